The molecular weight excluding hydrogens is 192 g/mol. The minimum Gasteiger partial charge on any atom is -0.450 e. The second-order valence-corrected chi connectivity index (χ2v) is 4.11. The lowest BCUT2D eigenvalue weighted by molar-refractivity contribution is 0.0296. The average molecular weight is 208 g/mol. The number of hydrogen-bond donors (Lipinski definition) is 1. The summed E-state index contributed by atoms with van der Waals surface area (Å²) in [4.78, 5) is 10.5. The number of hydrogen-bond acceptors (Lipinski definition) is 2. The normalized spacial score (nSPS) is 13.3. The van der Waals surface area contributed by atoms with Crippen LogP contribution in [0.15, 0.2) is 30.3 Å². The van der Waals surface area contributed by atoms with Crippen molar-refractivity contribution in [1.82, 2.24) is 0 Å². The molecule has 0 aliphatic heterocycles. The van der Waals surface area contributed by atoms with E-state index in [9.17, 15) is 4.79 Å². The summed E-state index contributed by atoms with van der Waals surface area (Å²) < 4.78 is 4.79. The van der Waals surface area contributed by atoms with Gasteiger partial charge in [0.25, 0.3) is 0 Å². The first-order valence-corrected chi connectivity index (χ1v) is 4.89. The number of carboxylic acid groups (broad SMARTS) is 1. The maximum absolute atomic E-state index is 10.5. The van der Waals surface area contributed by atoms with E-state index < -0.39 is 6.16 Å². The van der Waals surface area contributed by atoms with Crippen LogP contribution in [-0.4, -0.2) is 17.4 Å². The molecule has 0 fully saturated rings. The van der Waals surface area contributed by atoms with Gasteiger partial charge in [0, 0.05) is 5.41 Å². The van der Waals surface area contributed by atoms with Gasteiger partial charge in [-0.1, -0.05) is 44.2 Å². The van der Waals surface area contributed by atoms with Gasteiger partial charge in [-0.2, -0.15) is 0 Å². The Bertz CT molecular complexity index is 330. The molecule has 0 spiro atoms. The Balaban J connectivity index is 2.87. The van der Waals surface area contributed by atoms with Crippen LogP contribution < -0.4 is 0 Å². The standard InChI is InChI=1S/C12H16O3/c1-9(15-11(13)14)12(2,3)10-7-5-4-6-8-10/h4-9H,1-3H3,(H,13,14). The van der Waals surface area contributed by atoms with Crippen molar-refractivity contribution in [1.29, 1.82) is 0 Å². The molecule has 3 heteroatoms. The molecular formula is C12H16O3. The predicted molar refractivity (Wildman–Crippen MR) is 58.0 cm³/mol. The zero-order valence-electron chi connectivity index (χ0n) is 9.23. The lowest BCUT2D eigenvalue weighted by atomic mass is 9.80. The van der Waals surface area contributed by atoms with Crippen LogP contribution in [-0.2, 0) is 10.2 Å². The fraction of sp³-hybridized carbons (Fsp3) is 0.417. The largest absolute Gasteiger partial charge is 0.506 e. The molecule has 15 heavy (non-hydrogen) atoms. The van der Waals surface area contributed by atoms with Crippen LogP contribution in [0.3, 0.4) is 0 Å². The summed E-state index contributed by atoms with van der Waals surface area (Å²) in [6.45, 7) is 5.70. The predicted octanol–water partition coefficient (Wildman–Crippen LogP) is 3.05. The number of ether oxygens (including phenoxy) is 1. The summed E-state index contributed by atoms with van der Waals surface area (Å²) in [6, 6.07) is 9.75. The van der Waals surface area contributed by atoms with Crippen molar-refractivity contribution in [2.45, 2.75) is 32.3 Å². The van der Waals surface area contributed by atoms with E-state index in [0.717, 1.165) is 5.56 Å². The molecule has 0 aliphatic carbocycles. The van der Waals surface area contributed by atoms with E-state index in [1.165, 1.54) is 0 Å². The van der Waals surface area contributed by atoms with Crippen molar-refractivity contribution in [2.24, 2.45) is 0 Å². The zero-order valence-corrected chi connectivity index (χ0v) is 9.23. The van der Waals surface area contributed by atoms with Crippen molar-refractivity contribution < 1.29 is 14.6 Å². The third-order valence-electron chi connectivity index (χ3n) is 2.81. The first-order valence-electron chi connectivity index (χ1n) is 4.89. The number of carbonyl (C=O) groups is 1. The van der Waals surface area contributed by atoms with Crippen LogP contribution >= 0.6 is 0 Å². The fourth-order valence-corrected chi connectivity index (χ4v) is 1.40. The second-order valence-electron chi connectivity index (χ2n) is 4.11. The molecule has 0 bridgehead atoms. The molecule has 1 N–H and O–H groups in total. The molecule has 0 aromatic heterocycles. The fourth-order valence-electron chi connectivity index (χ4n) is 1.40. The smallest absolute Gasteiger partial charge is 0.450 e. The molecule has 1 unspecified atom stereocenters. The molecule has 1 aromatic rings. The maximum atomic E-state index is 10.5. The summed E-state index contributed by atoms with van der Waals surface area (Å²) in [5, 5.41) is 8.57. The summed E-state index contributed by atoms with van der Waals surface area (Å²) in [5.74, 6) is 0. The maximum Gasteiger partial charge on any atom is 0.506 e. The molecule has 0 heterocycles. The topological polar surface area (TPSA) is 46.5 Å². The van der Waals surface area contributed by atoms with E-state index in [2.05, 4.69) is 0 Å². The van der Waals surface area contributed by atoms with Crippen molar-refractivity contribution >= 4 is 6.16 Å². The summed E-state index contributed by atoms with van der Waals surface area (Å²) >= 11 is 0. The lowest BCUT2D eigenvalue weighted by Crippen LogP contribution is -2.34. The highest BCUT2D eigenvalue weighted by Crippen LogP contribution is 2.28. The number of benzene rings is 1. The van der Waals surface area contributed by atoms with Gasteiger partial charge in [0.2, 0.25) is 0 Å². The molecule has 1 rings (SSSR count). The van der Waals surface area contributed by atoms with Crippen LogP contribution in [0.2, 0.25) is 0 Å². The highest BCUT2D eigenvalue weighted by atomic mass is 16.7. The van der Waals surface area contributed by atoms with Crippen LogP contribution in [0.4, 0.5) is 4.79 Å². The van der Waals surface area contributed by atoms with Gasteiger partial charge in [-0.25, -0.2) is 4.79 Å². The van der Waals surface area contributed by atoms with Crippen molar-refractivity contribution in [3.8, 4) is 0 Å². The minimum absolute atomic E-state index is 0.320. The highest BCUT2D eigenvalue weighted by Gasteiger charge is 2.30. The molecule has 0 saturated carbocycles. The Hall–Kier alpha value is -1.51. The minimum atomic E-state index is -1.23. The molecule has 0 amide bonds. The van der Waals surface area contributed by atoms with E-state index >= 15 is 0 Å². The van der Waals surface area contributed by atoms with Crippen molar-refractivity contribution in [2.75, 3.05) is 0 Å². The Morgan fingerprint density at radius 2 is 1.87 bits per heavy atom. The van der Waals surface area contributed by atoms with E-state index in [0.29, 0.717) is 0 Å². The highest BCUT2D eigenvalue weighted by molar-refractivity contribution is 5.57. The van der Waals surface area contributed by atoms with Gasteiger partial charge in [-0.05, 0) is 12.5 Å². The Kier molecular flexibility index (Phi) is 3.35. The molecule has 1 atom stereocenters. The summed E-state index contributed by atoms with van der Waals surface area (Å²) in [5.41, 5.74) is 0.748. The van der Waals surface area contributed by atoms with Gasteiger partial charge in [-0.15, -0.1) is 0 Å². The van der Waals surface area contributed by atoms with Gasteiger partial charge < -0.3 is 9.84 Å². The quantitative estimate of drug-likeness (QED) is 0.776. The summed E-state index contributed by atoms with van der Waals surface area (Å²) in [7, 11) is 0. The van der Waals surface area contributed by atoms with Gasteiger partial charge in [0.1, 0.15) is 6.10 Å². The Morgan fingerprint density at radius 3 is 2.33 bits per heavy atom. The van der Waals surface area contributed by atoms with Gasteiger partial charge in [-0.3, -0.25) is 0 Å². The molecule has 82 valence electrons. The lowest BCUT2D eigenvalue weighted by Gasteiger charge is -2.30. The van der Waals surface area contributed by atoms with Crippen LogP contribution in [0.5, 0.6) is 0 Å². The molecule has 0 aliphatic rings. The van der Waals surface area contributed by atoms with Gasteiger partial charge in [0.15, 0.2) is 0 Å². The van der Waals surface area contributed by atoms with Crippen molar-refractivity contribution in [3.05, 3.63) is 35.9 Å². The average Bonchev–Trinajstić information content (AvgIpc) is 2.18. The second kappa shape index (κ2) is 4.34. The van der Waals surface area contributed by atoms with Gasteiger partial charge in [0.05, 0.1) is 0 Å². The van der Waals surface area contributed by atoms with Crippen molar-refractivity contribution in [3.63, 3.8) is 0 Å². The number of rotatable bonds is 3. The zero-order chi connectivity index (χ0) is 11.5. The Morgan fingerprint density at radius 1 is 1.33 bits per heavy atom. The third kappa shape index (κ3) is 2.72. The SMILES string of the molecule is CC(OC(=O)O)C(C)(C)c1ccccc1. The first-order chi connectivity index (χ1) is 6.94. The van der Waals surface area contributed by atoms with E-state index in [1.54, 1.807) is 6.92 Å². The molecule has 3 nitrogen and oxygen atoms in total. The van der Waals surface area contributed by atoms with Crippen LogP contribution in [0, 0.1) is 0 Å². The van der Waals surface area contributed by atoms with Gasteiger partial charge >= 0.3 is 6.16 Å². The molecule has 1 aromatic carbocycles. The van der Waals surface area contributed by atoms with Crippen LogP contribution in [0.1, 0.15) is 26.3 Å². The van der Waals surface area contributed by atoms with E-state index in [1.807, 2.05) is 44.2 Å². The monoisotopic (exact) mass is 208 g/mol. The third-order valence-corrected chi connectivity index (χ3v) is 2.81. The van der Waals surface area contributed by atoms with E-state index in [4.69, 9.17) is 9.84 Å². The Labute approximate surface area is 89.7 Å². The first kappa shape index (κ1) is 11.6. The van der Waals surface area contributed by atoms with E-state index in [-0.39, 0.29) is 11.5 Å². The molecule has 0 radical (unpaired) electrons. The summed E-state index contributed by atoms with van der Waals surface area (Å²) in [6.07, 6.45) is -1.61. The van der Waals surface area contributed by atoms with Crippen LogP contribution in [0.25, 0.3) is 0 Å². The molecule has 0 saturated heterocycles.